The fourth-order valence-corrected chi connectivity index (χ4v) is 3.56. The standard InChI is InChI=1S/C21H23ClN2O5/c1-12-5-7-16(29-12)18-17(20(26)21(27)24(18)10-9-23(2)3)19(25)13-6-8-15(28-4)14(22)11-13/h5-8,11,18,25H,9-10H2,1-4H3/b19-17+. The van der Waals surface area contributed by atoms with Crippen molar-refractivity contribution in [2.75, 3.05) is 34.3 Å². The highest BCUT2D eigenvalue weighted by atomic mass is 35.5. The number of methoxy groups -OCH3 is 1. The Morgan fingerprint density at radius 1 is 1.28 bits per heavy atom. The molecular formula is C21H23ClN2O5. The summed E-state index contributed by atoms with van der Waals surface area (Å²) in [7, 11) is 5.36. The van der Waals surface area contributed by atoms with Crippen LogP contribution in [0.4, 0.5) is 0 Å². The van der Waals surface area contributed by atoms with Crippen LogP contribution in [-0.4, -0.2) is 50.9 Å². The lowest BCUT2D eigenvalue weighted by atomic mass is 9.99. The Morgan fingerprint density at radius 2 is 2.00 bits per heavy atom. The molecule has 29 heavy (non-hydrogen) atoms. The van der Waals surface area contributed by atoms with Crippen molar-refractivity contribution < 1.29 is 28.7 Å². The lowest BCUT2D eigenvalue weighted by Crippen LogP contribution is -3.06. The lowest BCUT2D eigenvalue weighted by Gasteiger charge is -2.26. The summed E-state index contributed by atoms with van der Waals surface area (Å²) in [6.07, 6.45) is 0. The second kappa shape index (κ2) is 8.31. The molecule has 8 heteroatoms. The number of rotatable bonds is 6. The first-order chi connectivity index (χ1) is 13.7. The molecule has 1 unspecified atom stereocenters. The van der Waals surface area contributed by atoms with Crippen LogP contribution in [0.5, 0.6) is 5.75 Å². The predicted molar refractivity (Wildman–Crippen MR) is 106 cm³/mol. The minimum atomic E-state index is -0.864. The first-order valence-electron chi connectivity index (χ1n) is 9.20. The van der Waals surface area contributed by atoms with Gasteiger partial charge in [-0.1, -0.05) is 23.4 Å². The maximum Gasteiger partial charge on any atom is 0.295 e. The Kier molecular flexibility index (Phi) is 6.00. The smallest absolute Gasteiger partial charge is 0.295 e. The number of hydrogen-bond donors (Lipinski definition) is 1. The van der Waals surface area contributed by atoms with Gasteiger partial charge in [0.05, 0.1) is 39.3 Å². The number of ketones is 1. The number of likely N-dealkylation sites (tertiary alicyclic amines) is 1. The van der Waals surface area contributed by atoms with Crippen LogP contribution in [0.2, 0.25) is 5.02 Å². The first kappa shape index (κ1) is 21.0. The molecule has 0 spiro atoms. The number of ether oxygens (including phenoxy) is 1. The Morgan fingerprint density at radius 3 is 2.55 bits per heavy atom. The molecule has 0 aliphatic carbocycles. The van der Waals surface area contributed by atoms with Crippen LogP contribution in [0.15, 0.2) is 40.3 Å². The molecule has 3 rings (SSSR count). The third-order valence-corrected chi connectivity index (χ3v) is 5.12. The zero-order valence-electron chi connectivity index (χ0n) is 16.7. The molecule has 1 aromatic heterocycles. The number of amides is 1. The van der Waals surface area contributed by atoms with Crippen LogP contribution >= 0.6 is 11.6 Å². The van der Waals surface area contributed by atoms with Gasteiger partial charge >= 0.3 is 0 Å². The summed E-state index contributed by atoms with van der Waals surface area (Å²) in [5, 5.41) is 13.5. The van der Waals surface area contributed by atoms with Crippen molar-refractivity contribution in [3.8, 4) is 5.75 Å². The summed E-state index contributed by atoms with van der Waals surface area (Å²) >= 11 is 6.15. The fraction of sp³-hybridized carbons (Fsp3) is 0.333. The van der Waals surface area contributed by atoms with E-state index in [2.05, 4.69) is 0 Å². The average Bonchev–Trinajstić information content (AvgIpc) is 3.21. The number of carbonyl (C=O) groups is 2. The molecule has 2 heterocycles. The van der Waals surface area contributed by atoms with E-state index in [9.17, 15) is 14.7 Å². The molecule has 1 aliphatic heterocycles. The van der Waals surface area contributed by atoms with E-state index in [0.717, 1.165) is 4.90 Å². The summed E-state index contributed by atoms with van der Waals surface area (Å²) in [5.74, 6) is -0.631. The molecule has 1 aliphatic rings. The van der Waals surface area contributed by atoms with Crippen molar-refractivity contribution in [1.82, 2.24) is 4.90 Å². The van der Waals surface area contributed by atoms with Crippen LogP contribution in [0.3, 0.4) is 0 Å². The highest BCUT2D eigenvalue weighted by Crippen LogP contribution is 2.39. The summed E-state index contributed by atoms with van der Waals surface area (Å²) in [6, 6.07) is 7.08. The molecule has 2 aromatic rings. The summed E-state index contributed by atoms with van der Waals surface area (Å²) in [5.41, 5.74) is 0.0830. The molecule has 1 aromatic carbocycles. The number of hydrogen-bond acceptors (Lipinski definition) is 5. The van der Waals surface area contributed by atoms with Crippen LogP contribution in [0, 0.1) is 6.92 Å². The lowest BCUT2D eigenvalue weighted by molar-refractivity contribution is -0.857. The molecule has 1 N–H and O–H groups in total. The maximum atomic E-state index is 13.2. The molecule has 1 fully saturated rings. The average molecular weight is 419 g/mol. The second-order valence-electron chi connectivity index (χ2n) is 7.23. The van der Waals surface area contributed by atoms with Gasteiger partial charge in [0.2, 0.25) is 5.78 Å². The molecule has 0 saturated carbocycles. The molecule has 1 saturated heterocycles. The van der Waals surface area contributed by atoms with E-state index in [1.54, 1.807) is 25.1 Å². The largest absolute Gasteiger partial charge is 0.872 e. The molecule has 1 amide bonds. The summed E-state index contributed by atoms with van der Waals surface area (Å²) in [6.45, 7) is 2.70. The SMILES string of the molecule is COc1ccc(/C([O-])=C2\C(=O)C(=O)N(CC[NH+](C)C)C2c2ccc(C)o2)cc1Cl. The monoisotopic (exact) mass is 418 g/mol. The van der Waals surface area contributed by atoms with Gasteiger partial charge in [0, 0.05) is 5.57 Å². The Bertz CT molecular complexity index is 979. The van der Waals surface area contributed by atoms with Gasteiger partial charge in [0.25, 0.3) is 5.91 Å². The quantitative estimate of drug-likeness (QED) is 0.422. The molecule has 0 radical (unpaired) electrons. The molecule has 154 valence electrons. The molecule has 1 atom stereocenters. The predicted octanol–water partition coefficient (Wildman–Crippen LogP) is 0.619. The van der Waals surface area contributed by atoms with Crippen LogP contribution in [0.1, 0.15) is 23.1 Å². The summed E-state index contributed by atoms with van der Waals surface area (Å²) in [4.78, 5) is 28.1. The third-order valence-electron chi connectivity index (χ3n) is 4.83. The van der Waals surface area contributed by atoms with E-state index in [0.29, 0.717) is 30.4 Å². The van der Waals surface area contributed by atoms with Crippen molar-refractivity contribution in [1.29, 1.82) is 0 Å². The summed E-state index contributed by atoms with van der Waals surface area (Å²) < 4.78 is 10.8. The van der Waals surface area contributed by atoms with Gasteiger partial charge in [-0.05, 0) is 36.8 Å². The zero-order valence-corrected chi connectivity index (χ0v) is 17.5. The van der Waals surface area contributed by atoms with Gasteiger partial charge in [-0.15, -0.1) is 0 Å². The van der Waals surface area contributed by atoms with E-state index in [1.165, 1.54) is 24.1 Å². The Labute approximate surface area is 174 Å². The van der Waals surface area contributed by atoms with E-state index in [1.807, 2.05) is 14.1 Å². The third kappa shape index (κ3) is 4.02. The number of aryl methyl sites for hydroxylation is 1. The first-order valence-corrected chi connectivity index (χ1v) is 9.58. The minimum Gasteiger partial charge on any atom is -0.872 e. The van der Waals surface area contributed by atoms with Gasteiger partial charge in [-0.25, -0.2) is 0 Å². The van der Waals surface area contributed by atoms with Crippen LogP contribution in [-0.2, 0) is 9.59 Å². The number of nitrogens with zero attached hydrogens (tertiary/aromatic N) is 1. The molecular weight excluding hydrogens is 396 g/mol. The van der Waals surface area contributed by atoms with E-state index in [4.69, 9.17) is 20.8 Å². The minimum absolute atomic E-state index is 0.126. The number of quaternary nitrogens is 1. The number of nitrogens with one attached hydrogen (secondary N) is 1. The Hall–Kier alpha value is -2.77. The van der Waals surface area contributed by atoms with Crippen LogP contribution in [0.25, 0.3) is 5.76 Å². The number of Topliss-reactive ketones (excluding diaryl/α,β-unsaturated/α-hetero) is 1. The highest BCUT2D eigenvalue weighted by molar-refractivity contribution is 6.46. The van der Waals surface area contributed by atoms with Crippen LogP contribution < -0.4 is 14.7 Å². The second-order valence-corrected chi connectivity index (χ2v) is 7.64. The number of benzene rings is 1. The van der Waals surface area contributed by atoms with Gasteiger partial charge in [-0.2, -0.15) is 0 Å². The highest BCUT2D eigenvalue weighted by Gasteiger charge is 2.45. The maximum absolute atomic E-state index is 13.2. The van der Waals surface area contributed by atoms with Crippen molar-refractivity contribution in [3.63, 3.8) is 0 Å². The Balaban J connectivity index is 2.13. The van der Waals surface area contributed by atoms with Gasteiger partial charge in [-0.3, -0.25) is 9.59 Å². The molecule has 0 bridgehead atoms. The van der Waals surface area contributed by atoms with E-state index < -0.39 is 23.5 Å². The van der Waals surface area contributed by atoms with Crippen molar-refractivity contribution in [2.24, 2.45) is 0 Å². The van der Waals surface area contributed by atoms with E-state index >= 15 is 0 Å². The van der Waals surface area contributed by atoms with E-state index in [-0.39, 0.29) is 16.2 Å². The van der Waals surface area contributed by atoms with Gasteiger partial charge in [0.15, 0.2) is 0 Å². The van der Waals surface area contributed by atoms with Gasteiger partial charge < -0.3 is 24.1 Å². The van der Waals surface area contributed by atoms with Crippen molar-refractivity contribution in [2.45, 2.75) is 13.0 Å². The fourth-order valence-electron chi connectivity index (χ4n) is 3.30. The molecule has 7 nitrogen and oxygen atoms in total. The number of halogens is 1. The van der Waals surface area contributed by atoms with Crippen molar-refractivity contribution in [3.05, 3.63) is 58.0 Å². The van der Waals surface area contributed by atoms with Crippen molar-refractivity contribution >= 4 is 29.1 Å². The number of carbonyl (C=O) groups excluding carboxylic acids is 2. The van der Waals surface area contributed by atoms with Gasteiger partial charge in [0.1, 0.15) is 23.3 Å². The number of likely N-dealkylation sites (N-methyl/N-ethyl adjacent to an activating group) is 1. The normalized spacial score (nSPS) is 18.7. The number of furan rings is 1. The topological polar surface area (TPSA) is 87.2 Å². The zero-order chi connectivity index (χ0) is 21.3.